The molecule has 0 N–H and O–H groups in total. The lowest BCUT2D eigenvalue weighted by Gasteiger charge is -2.46. The summed E-state index contributed by atoms with van der Waals surface area (Å²) in [5, 5.41) is 2.52. The average molecular weight is 475 g/mol. The van der Waals surface area contributed by atoms with E-state index in [1.165, 1.54) is 22.9 Å². The van der Waals surface area contributed by atoms with Crippen LogP contribution >= 0.6 is 0 Å². The number of benzene rings is 2. The summed E-state index contributed by atoms with van der Waals surface area (Å²) in [4.78, 5) is 11.9. The Bertz CT molecular complexity index is 996. The van der Waals surface area contributed by atoms with Gasteiger partial charge in [-0.05, 0) is 45.7 Å². The highest BCUT2D eigenvalue weighted by molar-refractivity contribution is 6.99. The minimum Gasteiger partial charge on any atom is -0.462 e. The van der Waals surface area contributed by atoms with Gasteiger partial charge in [0.1, 0.15) is 6.10 Å². The van der Waals surface area contributed by atoms with Crippen LogP contribution in [0.15, 0.2) is 84.5 Å². The Morgan fingerprint density at radius 1 is 1.00 bits per heavy atom. The molecular weight excluding hydrogens is 436 g/mol. The van der Waals surface area contributed by atoms with E-state index in [1.54, 1.807) is 0 Å². The zero-order valence-corrected chi connectivity index (χ0v) is 22.2. The molecule has 2 aliphatic carbocycles. The first kappa shape index (κ1) is 24.7. The van der Waals surface area contributed by atoms with Crippen molar-refractivity contribution in [1.29, 1.82) is 0 Å². The van der Waals surface area contributed by atoms with Crippen LogP contribution in [-0.2, 0) is 14.0 Å². The SMILES string of the molecule is CC(=O)O[C@H]1CCC=C2C=C[C@@H](C)[C@H](CO[Si](c3ccccc3)(c3ccccc3)C(C)(C)C)[C@H]21. The molecule has 180 valence electrons. The van der Waals surface area contributed by atoms with Crippen LogP contribution < -0.4 is 10.4 Å². The van der Waals surface area contributed by atoms with E-state index in [-0.39, 0.29) is 28.9 Å². The van der Waals surface area contributed by atoms with Gasteiger partial charge in [0.05, 0.1) is 0 Å². The number of hydrogen-bond acceptors (Lipinski definition) is 3. The molecule has 3 nitrogen and oxygen atoms in total. The molecule has 0 unspecified atom stereocenters. The van der Waals surface area contributed by atoms with E-state index in [1.807, 2.05) is 0 Å². The van der Waals surface area contributed by atoms with E-state index in [2.05, 4.69) is 107 Å². The molecule has 34 heavy (non-hydrogen) atoms. The number of hydrogen-bond donors (Lipinski definition) is 0. The fraction of sp³-hybridized carbons (Fsp3) is 0.433. The second-order valence-electron chi connectivity index (χ2n) is 10.8. The van der Waals surface area contributed by atoms with Gasteiger partial charge in [-0.3, -0.25) is 4.79 Å². The van der Waals surface area contributed by atoms with Crippen molar-refractivity contribution in [3.8, 4) is 0 Å². The second kappa shape index (κ2) is 10.0. The van der Waals surface area contributed by atoms with E-state index in [0.717, 1.165) is 12.8 Å². The molecule has 4 heteroatoms. The van der Waals surface area contributed by atoms with Crippen molar-refractivity contribution >= 4 is 24.7 Å². The van der Waals surface area contributed by atoms with Crippen LogP contribution in [0.2, 0.25) is 5.04 Å². The Kier molecular flexibility index (Phi) is 7.30. The summed E-state index contributed by atoms with van der Waals surface area (Å²) in [6.45, 7) is 11.4. The molecular formula is C30H38O3Si. The van der Waals surface area contributed by atoms with Crippen LogP contribution in [0.5, 0.6) is 0 Å². The second-order valence-corrected chi connectivity index (χ2v) is 15.1. The third-order valence-electron chi connectivity index (χ3n) is 7.57. The molecule has 0 aromatic heterocycles. The number of ether oxygens (including phenoxy) is 1. The Hall–Kier alpha value is -2.43. The predicted molar refractivity (Wildman–Crippen MR) is 142 cm³/mol. The van der Waals surface area contributed by atoms with Crippen molar-refractivity contribution in [3.05, 3.63) is 84.5 Å². The Morgan fingerprint density at radius 2 is 1.59 bits per heavy atom. The first-order valence-electron chi connectivity index (χ1n) is 12.5. The quantitative estimate of drug-likeness (QED) is 0.401. The normalized spacial score (nSPS) is 24.8. The summed E-state index contributed by atoms with van der Waals surface area (Å²) in [5.74, 6) is 0.579. The molecule has 0 aliphatic heterocycles. The first-order valence-corrected chi connectivity index (χ1v) is 14.5. The van der Waals surface area contributed by atoms with Gasteiger partial charge >= 0.3 is 5.97 Å². The maximum Gasteiger partial charge on any atom is 0.302 e. The monoisotopic (exact) mass is 474 g/mol. The number of fused-ring (bicyclic) bond motifs is 1. The lowest BCUT2D eigenvalue weighted by atomic mass is 9.68. The smallest absolute Gasteiger partial charge is 0.302 e. The van der Waals surface area contributed by atoms with Crippen molar-refractivity contribution < 1.29 is 14.0 Å². The lowest BCUT2D eigenvalue weighted by molar-refractivity contribution is -0.150. The van der Waals surface area contributed by atoms with Crippen LogP contribution in [0.4, 0.5) is 0 Å². The van der Waals surface area contributed by atoms with Gasteiger partial charge in [0.15, 0.2) is 0 Å². The van der Waals surface area contributed by atoms with Crippen LogP contribution in [0.3, 0.4) is 0 Å². The molecule has 0 spiro atoms. The van der Waals surface area contributed by atoms with Gasteiger partial charge in [-0.25, -0.2) is 0 Å². The fourth-order valence-corrected chi connectivity index (χ4v) is 10.6. The lowest BCUT2D eigenvalue weighted by Crippen LogP contribution is -2.67. The van der Waals surface area contributed by atoms with E-state index < -0.39 is 8.32 Å². The van der Waals surface area contributed by atoms with E-state index >= 15 is 0 Å². The molecule has 0 fully saturated rings. The maximum atomic E-state index is 11.9. The van der Waals surface area contributed by atoms with E-state index in [4.69, 9.17) is 9.16 Å². The van der Waals surface area contributed by atoms with Crippen LogP contribution in [0.1, 0.15) is 47.5 Å². The van der Waals surface area contributed by atoms with Crippen LogP contribution in [0.25, 0.3) is 0 Å². The minimum absolute atomic E-state index is 0.0655. The topological polar surface area (TPSA) is 35.5 Å². The summed E-state index contributed by atoms with van der Waals surface area (Å²) in [6.07, 6.45) is 8.61. The van der Waals surface area contributed by atoms with E-state index in [9.17, 15) is 4.79 Å². The number of carbonyl (C=O) groups excluding carboxylic acids is 1. The van der Waals surface area contributed by atoms with Gasteiger partial charge in [0.2, 0.25) is 0 Å². The first-order chi connectivity index (χ1) is 16.2. The molecule has 0 bridgehead atoms. The molecule has 0 amide bonds. The van der Waals surface area contributed by atoms with Gasteiger partial charge < -0.3 is 9.16 Å². The molecule has 4 atom stereocenters. The van der Waals surface area contributed by atoms with Gasteiger partial charge in [-0.15, -0.1) is 0 Å². The number of esters is 1. The van der Waals surface area contributed by atoms with Crippen LogP contribution in [0, 0.1) is 17.8 Å². The minimum atomic E-state index is -2.62. The van der Waals surface area contributed by atoms with E-state index in [0.29, 0.717) is 12.5 Å². The Balaban J connectivity index is 1.75. The largest absolute Gasteiger partial charge is 0.462 e. The summed E-state index contributed by atoms with van der Waals surface area (Å²) in [7, 11) is -2.62. The van der Waals surface area contributed by atoms with Crippen molar-refractivity contribution in [2.24, 2.45) is 17.8 Å². The maximum absolute atomic E-state index is 11.9. The summed E-state index contributed by atoms with van der Waals surface area (Å²) < 4.78 is 13.2. The molecule has 0 saturated heterocycles. The fourth-order valence-electron chi connectivity index (χ4n) is 5.96. The number of rotatable bonds is 6. The molecule has 0 radical (unpaired) electrons. The standard InChI is InChI=1S/C30H38O3Si/c1-22-19-20-24-13-12-18-28(33-23(2)31)29(24)27(22)21-32-34(30(3,4)5,25-14-8-6-9-15-25)26-16-10-7-11-17-26/h6-11,13-17,19-20,22,27-29H,12,18,21H2,1-5H3/t22-,27+,28+,29+/m1/s1. The number of carbonyl (C=O) groups is 1. The van der Waals surface area contributed by atoms with Gasteiger partial charge in [0, 0.05) is 19.4 Å². The van der Waals surface area contributed by atoms with Gasteiger partial charge in [-0.1, -0.05) is 107 Å². The van der Waals surface area contributed by atoms with Crippen molar-refractivity contribution in [2.75, 3.05) is 6.61 Å². The van der Waals surface area contributed by atoms with Crippen molar-refractivity contribution in [3.63, 3.8) is 0 Å². The summed E-state index contributed by atoms with van der Waals surface area (Å²) in [6, 6.07) is 21.6. The highest BCUT2D eigenvalue weighted by Gasteiger charge is 2.51. The highest BCUT2D eigenvalue weighted by atomic mass is 28.4. The van der Waals surface area contributed by atoms with Crippen molar-refractivity contribution in [2.45, 2.75) is 58.6 Å². The molecule has 2 aromatic rings. The Labute approximate surface area is 206 Å². The van der Waals surface area contributed by atoms with Crippen molar-refractivity contribution in [1.82, 2.24) is 0 Å². The van der Waals surface area contributed by atoms with Gasteiger partial charge in [0.25, 0.3) is 8.32 Å². The Morgan fingerprint density at radius 3 is 2.12 bits per heavy atom. The zero-order chi connectivity index (χ0) is 24.3. The molecule has 4 rings (SSSR count). The zero-order valence-electron chi connectivity index (χ0n) is 21.2. The average Bonchev–Trinajstić information content (AvgIpc) is 2.81. The highest BCUT2D eigenvalue weighted by Crippen LogP contribution is 2.43. The molecule has 2 aromatic carbocycles. The number of allylic oxidation sites excluding steroid dienone is 3. The molecule has 2 aliphatic rings. The molecule has 0 saturated carbocycles. The summed E-state index contributed by atoms with van der Waals surface area (Å²) in [5.41, 5.74) is 1.30. The van der Waals surface area contributed by atoms with Crippen LogP contribution in [-0.4, -0.2) is 27.0 Å². The van der Waals surface area contributed by atoms with Gasteiger partial charge in [-0.2, -0.15) is 0 Å². The predicted octanol–water partition coefficient (Wildman–Crippen LogP) is 5.65. The third-order valence-corrected chi connectivity index (χ3v) is 12.6. The third kappa shape index (κ3) is 4.71. The summed E-state index contributed by atoms with van der Waals surface area (Å²) >= 11 is 0. The molecule has 0 heterocycles.